The molecule has 29 heavy (non-hydrogen) atoms. The van der Waals surface area contributed by atoms with Gasteiger partial charge in [-0.1, -0.05) is 19.1 Å². The smallest absolute Gasteiger partial charge is 0.312 e. The quantitative estimate of drug-likeness (QED) is 0.427. The number of nitrogens with one attached hydrogen (secondary N) is 1. The second kappa shape index (κ2) is 8.56. The van der Waals surface area contributed by atoms with Crippen LogP contribution in [0.25, 0.3) is 0 Å². The maximum Gasteiger partial charge on any atom is 0.312 e. The highest BCUT2D eigenvalue weighted by atomic mass is 79.9. The molecule has 2 aromatic heterocycles. The Morgan fingerprint density at radius 1 is 1.38 bits per heavy atom. The number of benzene rings is 1. The molecule has 3 rings (SSSR count). The van der Waals surface area contributed by atoms with Crippen LogP contribution in [0.15, 0.2) is 41.1 Å². The largest absolute Gasteiger partial charge is 0.326 e. The van der Waals surface area contributed by atoms with Crippen molar-refractivity contribution < 1.29 is 9.72 Å². The predicted molar refractivity (Wildman–Crippen MR) is 112 cm³/mol. The molecule has 0 aliphatic rings. The van der Waals surface area contributed by atoms with Crippen LogP contribution in [0, 0.1) is 29.9 Å². The zero-order valence-electron chi connectivity index (χ0n) is 16.3. The Balaban J connectivity index is 1.66. The van der Waals surface area contributed by atoms with E-state index < -0.39 is 10.8 Å². The van der Waals surface area contributed by atoms with E-state index in [4.69, 9.17) is 0 Å². The van der Waals surface area contributed by atoms with Gasteiger partial charge in [-0.2, -0.15) is 10.2 Å². The fraction of sp³-hybridized carbons (Fsp3) is 0.316. The number of hydrogen-bond donors (Lipinski definition) is 1. The highest BCUT2D eigenvalue weighted by Gasteiger charge is 2.24. The molecule has 1 amide bonds. The van der Waals surface area contributed by atoms with Gasteiger partial charge in [0.2, 0.25) is 5.91 Å². The van der Waals surface area contributed by atoms with E-state index in [0.29, 0.717) is 23.6 Å². The topological polar surface area (TPSA) is 108 Å². The number of amides is 1. The normalized spacial score (nSPS) is 12.0. The molecule has 0 aliphatic heterocycles. The third-order valence-electron chi connectivity index (χ3n) is 4.56. The van der Waals surface area contributed by atoms with Crippen LogP contribution in [-0.4, -0.2) is 30.4 Å². The van der Waals surface area contributed by atoms with E-state index in [9.17, 15) is 14.9 Å². The first kappa shape index (κ1) is 20.7. The molecule has 10 heteroatoms. The molecule has 1 atom stereocenters. The fourth-order valence-electron chi connectivity index (χ4n) is 3.10. The molecule has 1 N–H and O–H groups in total. The van der Waals surface area contributed by atoms with Gasteiger partial charge >= 0.3 is 5.69 Å². The van der Waals surface area contributed by atoms with Crippen LogP contribution in [0.4, 0.5) is 11.4 Å². The van der Waals surface area contributed by atoms with Crippen molar-refractivity contribution in [1.82, 2.24) is 19.6 Å². The first-order chi connectivity index (χ1) is 13.7. The molecule has 0 saturated heterocycles. The summed E-state index contributed by atoms with van der Waals surface area (Å²) in [5.74, 6) is -0.600. The SMILES string of the molecule is Cc1nn(CC(C)C(=O)Nc2cccc(Cn3cc(Br)cn3)c2)c(C)c1[N+](=O)[O-]. The van der Waals surface area contributed by atoms with E-state index in [1.165, 1.54) is 4.68 Å². The van der Waals surface area contributed by atoms with Crippen molar-refractivity contribution in [2.75, 3.05) is 5.32 Å². The van der Waals surface area contributed by atoms with E-state index in [1.807, 2.05) is 30.5 Å². The van der Waals surface area contributed by atoms with Crippen molar-refractivity contribution in [3.05, 3.63) is 68.2 Å². The first-order valence-electron chi connectivity index (χ1n) is 9.00. The van der Waals surface area contributed by atoms with Crippen LogP contribution in [-0.2, 0) is 17.9 Å². The molecule has 1 aromatic carbocycles. The summed E-state index contributed by atoms with van der Waals surface area (Å²) in [7, 11) is 0. The number of rotatable bonds is 7. The predicted octanol–water partition coefficient (Wildman–Crippen LogP) is 3.69. The molecule has 0 fully saturated rings. The number of anilines is 1. The average molecular weight is 461 g/mol. The molecule has 2 heterocycles. The summed E-state index contributed by atoms with van der Waals surface area (Å²) >= 11 is 3.37. The second-order valence-electron chi connectivity index (χ2n) is 6.91. The van der Waals surface area contributed by atoms with Crippen molar-refractivity contribution in [1.29, 1.82) is 0 Å². The van der Waals surface area contributed by atoms with Crippen molar-refractivity contribution in [3.63, 3.8) is 0 Å². The van der Waals surface area contributed by atoms with Gasteiger partial charge in [-0.05, 0) is 47.5 Å². The van der Waals surface area contributed by atoms with E-state index in [-0.39, 0.29) is 18.1 Å². The molecule has 9 nitrogen and oxygen atoms in total. The van der Waals surface area contributed by atoms with Crippen molar-refractivity contribution in [3.8, 4) is 0 Å². The number of halogens is 1. The maximum absolute atomic E-state index is 12.6. The molecule has 1 unspecified atom stereocenters. The van der Waals surface area contributed by atoms with E-state index in [1.54, 1.807) is 31.6 Å². The average Bonchev–Trinajstić information content (AvgIpc) is 3.17. The van der Waals surface area contributed by atoms with Crippen LogP contribution in [0.3, 0.4) is 0 Å². The Hall–Kier alpha value is -3.01. The van der Waals surface area contributed by atoms with Gasteiger partial charge in [0, 0.05) is 11.9 Å². The lowest BCUT2D eigenvalue weighted by Crippen LogP contribution is -2.25. The first-order valence-corrected chi connectivity index (χ1v) is 9.80. The lowest BCUT2D eigenvalue weighted by molar-refractivity contribution is -0.386. The number of carbonyl (C=O) groups excluding carboxylic acids is 1. The van der Waals surface area contributed by atoms with Gasteiger partial charge in [-0.3, -0.25) is 24.3 Å². The van der Waals surface area contributed by atoms with Gasteiger partial charge in [0.05, 0.1) is 34.6 Å². The zero-order valence-corrected chi connectivity index (χ0v) is 17.9. The van der Waals surface area contributed by atoms with Crippen molar-refractivity contribution in [2.24, 2.45) is 5.92 Å². The number of hydrogen-bond acceptors (Lipinski definition) is 5. The molecule has 0 bridgehead atoms. The molecule has 0 spiro atoms. The molecular formula is C19H21BrN6O3. The van der Waals surface area contributed by atoms with E-state index in [0.717, 1.165) is 10.0 Å². The lowest BCUT2D eigenvalue weighted by atomic mass is 10.1. The summed E-state index contributed by atoms with van der Waals surface area (Å²) in [6, 6.07) is 7.55. The monoisotopic (exact) mass is 460 g/mol. The standard InChI is InChI=1S/C19H21BrN6O3/c1-12(9-25-14(3)18(26(28)29)13(2)23-25)19(27)22-17-6-4-5-15(7-17)10-24-11-16(20)8-21-24/h4-8,11-12H,9-10H2,1-3H3,(H,22,27). The van der Waals surface area contributed by atoms with Gasteiger partial charge in [0.1, 0.15) is 11.4 Å². The molecule has 152 valence electrons. The Bertz CT molecular complexity index is 1060. The van der Waals surface area contributed by atoms with Crippen molar-refractivity contribution >= 4 is 33.2 Å². The molecule has 0 radical (unpaired) electrons. The van der Waals surface area contributed by atoms with Crippen LogP contribution in [0.1, 0.15) is 23.9 Å². The summed E-state index contributed by atoms with van der Waals surface area (Å²) in [5.41, 5.74) is 2.47. The minimum atomic E-state index is -0.442. The van der Waals surface area contributed by atoms with E-state index >= 15 is 0 Å². The van der Waals surface area contributed by atoms with Crippen LogP contribution in [0.2, 0.25) is 0 Å². The number of aromatic nitrogens is 4. The van der Waals surface area contributed by atoms with Gasteiger partial charge in [-0.15, -0.1) is 0 Å². The number of aryl methyl sites for hydroxylation is 1. The zero-order chi connectivity index (χ0) is 21.1. The minimum absolute atomic E-state index is 0.00410. The van der Waals surface area contributed by atoms with Gasteiger partial charge in [-0.25, -0.2) is 0 Å². The second-order valence-corrected chi connectivity index (χ2v) is 7.82. The summed E-state index contributed by atoms with van der Waals surface area (Å²) < 4.78 is 4.22. The van der Waals surface area contributed by atoms with Gasteiger partial charge in [0.25, 0.3) is 0 Å². The lowest BCUT2D eigenvalue weighted by Gasteiger charge is -2.14. The summed E-state index contributed by atoms with van der Waals surface area (Å²) in [6.45, 7) is 5.84. The third-order valence-corrected chi connectivity index (χ3v) is 4.97. The Labute approximate surface area is 176 Å². The highest BCUT2D eigenvalue weighted by molar-refractivity contribution is 9.10. The molecule has 0 aliphatic carbocycles. The summed E-state index contributed by atoms with van der Waals surface area (Å²) in [6.07, 6.45) is 3.59. The van der Waals surface area contributed by atoms with E-state index in [2.05, 4.69) is 31.4 Å². The Morgan fingerprint density at radius 3 is 2.76 bits per heavy atom. The number of nitro groups is 1. The third kappa shape index (κ3) is 4.89. The molecule has 3 aromatic rings. The number of carbonyl (C=O) groups is 1. The van der Waals surface area contributed by atoms with Crippen molar-refractivity contribution in [2.45, 2.75) is 33.9 Å². The maximum atomic E-state index is 12.6. The Morgan fingerprint density at radius 2 is 2.14 bits per heavy atom. The summed E-state index contributed by atoms with van der Waals surface area (Å²) in [4.78, 5) is 23.3. The van der Waals surface area contributed by atoms with Gasteiger partial charge in [0.15, 0.2) is 0 Å². The fourth-order valence-corrected chi connectivity index (χ4v) is 3.42. The van der Waals surface area contributed by atoms with Gasteiger partial charge < -0.3 is 5.32 Å². The van der Waals surface area contributed by atoms with Crippen LogP contribution >= 0.6 is 15.9 Å². The minimum Gasteiger partial charge on any atom is -0.326 e. The molecular weight excluding hydrogens is 440 g/mol. The highest BCUT2D eigenvalue weighted by Crippen LogP contribution is 2.23. The summed E-state index contributed by atoms with van der Waals surface area (Å²) in [5, 5.41) is 22.5. The number of nitrogens with zero attached hydrogens (tertiary/aromatic N) is 5. The Kier molecular flexibility index (Phi) is 6.12. The van der Waals surface area contributed by atoms with Crippen LogP contribution < -0.4 is 5.32 Å². The van der Waals surface area contributed by atoms with Crippen LogP contribution in [0.5, 0.6) is 0 Å². The molecule has 0 saturated carbocycles.